The molecular weight excluding hydrogens is 553 g/mol. The van der Waals surface area contributed by atoms with Gasteiger partial charge in [-0.15, -0.1) is 0 Å². The van der Waals surface area contributed by atoms with Crippen molar-refractivity contribution < 1.29 is 25.3 Å². The van der Waals surface area contributed by atoms with Crippen molar-refractivity contribution in [3.63, 3.8) is 0 Å². The van der Waals surface area contributed by atoms with Crippen LogP contribution in [0.4, 0.5) is 0 Å². The van der Waals surface area contributed by atoms with Crippen LogP contribution in [0.25, 0.3) is 0 Å². The zero-order valence-corrected chi connectivity index (χ0v) is 23.1. The van der Waals surface area contributed by atoms with E-state index in [-0.39, 0.29) is 9.79 Å². The van der Waals surface area contributed by atoms with E-state index in [4.69, 9.17) is 0 Å². The van der Waals surface area contributed by atoms with Gasteiger partial charge in [0.25, 0.3) is 0 Å². The van der Waals surface area contributed by atoms with Crippen LogP contribution in [0.1, 0.15) is 23.0 Å². The number of benzene rings is 4. The van der Waals surface area contributed by atoms with E-state index in [1.165, 1.54) is 24.3 Å². The smallest absolute Gasteiger partial charge is 0.183 e. The van der Waals surface area contributed by atoms with E-state index in [1.54, 1.807) is 97.1 Å². The second-order valence-corrected chi connectivity index (χ2v) is 16.5. The predicted molar refractivity (Wildman–Crippen MR) is 150 cm³/mol. The molecule has 2 aliphatic carbocycles. The Morgan fingerprint density at radius 1 is 0.359 bits per heavy atom. The largest absolute Gasteiger partial charge is 0.228 e. The maximum absolute atomic E-state index is 14.4. The fraction of sp³-hybridized carbons (Fsp3) is 0.200. The lowest BCUT2D eigenvalue weighted by atomic mass is 10.1. The highest BCUT2D eigenvalue weighted by molar-refractivity contribution is 7.99. The molecule has 200 valence electrons. The summed E-state index contributed by atoms with van der Waals surface area (Å²) in [6.45, 7) is 0. The summed E-state index contributed by atoms with van der Waals surface area (Å²) in [7, 11) is -12.3. The Hall–Kier alpha value is -3.27. The normalized spacial score (nSPS) is 26.6. The Morgan fingerprint density at radius 3 is 0.949 bits per heavy atom. The average Bonchev–Trinajstić information content (AvgIpc) is 3.88. The van der Waals surface area contributed by atoms with Crippen molar-refractivity contribution in [1.29, 1.82) is 0 Å². The minimum Gasteiger partial charge on any atom is -0.228 e. The van der Waals surface area contributed by atoms with Crippen molar-refractivity contribution in [2.75, 3.05) is 0 Å². The van der Waals surface area contributed by atoms with Crippen molar-refractivity contribution >= 4 is 29.5 Å². The maximum Gasteiger partial charge on any atom is 0.183 e. The molecule has 2 unspecified atom stereocenters. The van der Waals surface area contributed by atoms with Gasteiger partial charge < -0.3 is 0 Å². The van der Waals surface area contributed by atoms with E-state index in [0.717, 1.165) is 0 Å². The third-order valence-corrected chi connectivity index (χ3v) is 15.3. The van der Waals surface area contributed by atoms with E-state index in [1.807, 2.05) is 0 Å². The van der Waals surface area contributed by atoms with E-state index in [9.17, 15) is 25.3 Å². The standard InChI is InChI=1S/C30H26O6S3/c31-37(32,23-17-9-3-10-18-23)27-25(21-13-5-1-6-14-21)29(27)39(35,36)30-26(22-15-7-2-8-16-22)28(30)38(33,34)24-19-11-4-12-20-24/h1-20,25-30H/t25-,26+,27?,28?,29+,30-. The molecule has 4 aromatic carbocycles. The van der Waals surface area contributed by atoms with Gasteiger partial charge in [-0.1, -0.05) is 97.1 Å². The molecule has 0 N–H and O–H groups in total. The summed E-state index contributed by atoms with van der Waals surface area (Å²) in [5, 5.41) is -4.91. The molecule has 0 bridgehead atoms. The molecule has 0 saturated heterocycles. The van der Waals surface area contributed by atoms with Crippen LogP contribution in [0, 0.1) is 0 Å². The molecule has 0 radical (unpaired) electrons. The molecule has 0 spiro atoms. The molecule has 39 heavy (non-hydrogen) atoms. The van der Waals surface area contributed by atoms with Crippen LogP contribution in [0.2, 0.25) is 0 Å². The topological polar surface area (TPSA) is 102 Å². The van der Waals surface area contributed by atoms with Crippen LogP contribution in [0.3, 0.4) is 0 Å². The molecule has 4 aromatic rings. The Balaban J connectivity index is 1.45. The van der Waals surface area contributed by atoms with Crippen molar-refractivity contribution in [2.45, 2.75) is 42.6 Å². The maximum atomic E-state index is 14.4. The summed E-state index contributed by atoms with van der Waals surface area (Å²) in [5.41, 5.74) is 1.21. The predicted octanol–water partition coefficient (Wildman–Crippen LogP) is 4.42. The lowest BCUT2D eigenvalue weighted by molar-refractivity contribution is 0.583. The molecule has 6 atom stereocenters. The molecule has 0 heterocycles. The second-order valence-electron chi connectivity index (χ2n) is 10.0. The number of sulfone groups is 3. The van der Waals surface area contributed by atoms with Gasteiger partial charge in [0.2, 0.25) is 0 Å². The summed E-state index contributed by atoms with van der Waals surface area (Å²) in [6.07, 6.45) is 0. The number of hydrogen-bond acceptors (Lipinski definition) is 6. The molecule has 0 aliphatic heterocycles. The van der Waals surface area contributed by atoms with Crippen LogP contribution in [-0.2, 0) is 29.5 Å². The van der Waals surface area contributed by atoms with Crippen molar-refractivity contribution in [3.8, 4) is 0 Å². The first-order valence-electron chi connectivity index (χ1n) is 12.6. The fourth-order valence-corrected chi connectivity index (χ4v) is 14.6. The molecule has 2 aliphatic rings. The first-order chi connectivity index (χ1) is 18.7. The molecule has 9 heteroatoms. The summed E-state index contributed by atoms with van der Waals surface area (Å²) < 4.78 is 83.7. The minimum atomic E-state index is -4.23. The van der Waals surface area contributed by atoms with E-state index in [0.29, 0.717) is 11.1 Å². The first kappa shape index (κ1) is 26.0. The van der Waals surface area contributed by atoms with E-state index < -0.39 is 62.3 Å². The van der Waals surface area contributed by atoms with Gasteiger partial charge in [-0.05, 0) is 35.4 Å². The van der Waals surface area contributed by atoms with Gasteiger partial charge in [0.1, 0.15) is 0 Å². The third kappa shape index (κ3) is 4.33. The fourth-order valence-electron chi connectivity index (χ4n) is 5.86. The molecule has 2 fully saturated rings. The molecule has 2 saturated carbocycles. The SMILES string of the molecule is O=S(=O)(c1ccccc1)C1[C@@H](c2ccccc2)[C@@H]1S(=O)(=O)[C@H]1C(S(=O)(=O)c2ccccc2)[C@@H]1c1ccccc1. The summed E-state index contributed by atoms with van der Waals surface area (Å²) in [4.78, 5) is 0.106. The van der Waals surface area contributed by atoms with Gasteiger partial charge in [0.15, 0.2) is 29.5 Å². The summed E-state index contributed by atoms with van der Waals surface area (Å²) >= 11 is 0. The summed E-state index contributed by atoms with van der Waals surface area (Å²) in [5.74, 6) is -1.59. The minimum absolute atomic E-state index is 0.0532. The number of hydrogen-bond donors (Lipinski definition) is 0. The van der Waals surface area contributed by atoms with Crippen LogP contribution in [0.15, 0.2) is 131 Å². The highest BCUT2D eigenvalue weighted by Gasteiger charge is 2.74. The zero-order valence-electron chi connectivity index (χ0n) is 20.7. The van der Waals surface area contributed by atoms with Crippen LogP contribution >= 0.6 is 0 Å². The van der Waals surface area contributed by atoms with Gasteiger partial charge in [0.05, 0.1) is 30.8 Å². The number of rotatable bonds is 8. The summed E-state index contributed by atoms with van der Waals surface area (Å²) in [6, 6.07) is 33.1. The third-order valence-electron chi connectivity index (χ3n) is 7.77. The Morgan fingerprint density at radius 2 is 0.641 bits per heavy atom. The van der Waals surface area contributed by atoms with Gasteiger partial charge >= 0.3 is 0 Å². The monoisotopic (exact) mass is 578 g/mol. The van der Waals surface area contributed by atoms with Crippen molar-refractivity contribution in [3.05, 3.63) is 132 Å². The second kappa shape index (κ2) is 9.43. The first-order valence-corrected chi connectivity index (χ1v) is 17.3. The quantitative estimate of drug-likeness (QED) is 0.307. The van der Waals surface area contributed by atoms with E-state index in [2.05, 4.69) is 0 Å². The Kier molecular flexibility index (Phi) is 6.28. The van der Waals surface area contributed by atoms with Gasteiger partial charge in [-0.3, -0.25) is 0 Å². The molecule has 6 nitrogen and oxygen atoms in total. The highest BCUT2D eigenvalue weighted by Crippen LogP contribution is 2.60. The average molecular weight is 579 g/mol. The van der Waals surface area contributed by atoms with Crippen LogP contribution < -0.4 is 0 Å². The highest BCUT2D eigenvalue weighted by atomic mass is 32.2. The molecule has 0 aromatic heterocycles. The molecule has 6 rings (SSSR count). The lowest BCUT2D eigenvalue weighted by Gasteiger charge is -2.06. The van der Waals surface area contributed by atoms with Crippen molar-refractivity contribution in [1.82, 2.24) is 0 Å². The van der Waals surface area contributed by atoms with Crippen molar-refractivity contribution in [2.24, 2.45) is 0 Å². The Bertz CT molecular complexity index is 1680. The molecular formula is C30H26O6S3. The van der Waals surface area contributed by atoms with E-state index >= 15 is 0 Å². The van der Waals surface area contributed by atoms with Crippen LogP contribution in [0.5, 0.6) is 0 Å². The van der Waals surface area contributed by atoms with Gasteiger partial charge in [-0.25, -0.2) is 25.3 Å². The lowest BCUT2D eigenvalue weighted by Crippen LogP contribution is -2.24. The zero-order chi connectivity index (χ0) is 27.4. The Labute approximate surface area is 229 Å². The van der Waals surface area contributed by atoms with Gasteiger partial charge in [0, 0.05) is 11.8 Å². The molecule has 0 amide bonds. The van der Waals surface area contributed by atoms with Crippen LogP contribution in [-0.4, -0.2) is 46.3 Å². The van der Waals surface area contributed by atoms with Gasteiger partial charge in [-0.2, -0.15) is 0 Å².